The first kappa shape index (κ1) is 17.8. The Balaban J connectivity index is 1.74. The molecule has 0 radical (unpaired) electrons. The fraction of sp³-hybridized carbons (Fsp3) is 0.611. The molecule has 1 heterocycles. The minimum atomic E-state index is -0.693. The Morgan fingerprint density at radius 3 is 2.68 bits per heavy atom. The van der Waals surface area contributed by atoms with Gasteiger partial charge in [0.05, 0.1) is 19.2 Å². The summed E-state index contributed by atoms with van der Waals surface area (Å²) in [6.45, 7) is 1.84. The van der Waals surface area contributed by atoms with Crippen LogP contribution in [0.5, 0.6) is 11.5 Å². The second-order valence-electron chi connectivity index (χ2n) is 6.76. The predicted molar refractivity (Wildman–Crippen MR) is 93.8 cm³/mol. The third kappa shape index (κ3) is 4.16. The minimum absolute atomic E-state index is 0.177. The highest BCUT2D eigenvalue weighted by molar-refractivity contribution is 5.72. The lowest BCUT2D eigenvalue weighted by molar-refractivity contribution is 0.00181. The van der Waals surface area contributed by atoms with Crippen LogP contribution in [-0.2, 0) is 0 Å². The summed E-state index contributed by atoms with van der Waals surface area (Å²) in [5.74, 6) is 1.34. The van der Waals surface area contributed by atoms with Crippen LogP contribution in [0, 0.1) is 0 Å². The van der Waals surface area contributed by atoms with Crippen molar-refractivity contribution in [3.8, 4) is 11.5 Å². The van der Waals surface area contributed by atoms with Gasteiger partial charge in [0.25, 0.3) is 0 Å². The number of aliphatic hydroxyl groups is 1. The second-order valence-corrected chi connectivity index (χ2v) is 6.76. The number of piperidine rings is 1. The number of urea groups is 1. The molecule has 0 spiro atoms. The molecule has 7 nitrogen and oxygen atoms in total. The van der Waals surface area contributed by atoms with E-state index in [4.69, 9.17) is 15.2 Å². The number of carbonyl (C=O) groups excluding carboxylic acids is 1. The van der Waals surface area contributed by atoms with Crippen molar-refractivity contribution in [2.75, 3.05) is 20.2 Å². The monoisotopic (exact) mass is 349 g/mol. The molecule has 1 aromatic carbocycles. The minimum Gasteiger partial charge on any atom is -0.497 e. The number of nitrogens with two attached hydrogens (primary N) is 1. The van der Waals surface area contributed by atoms with Crippen molar-refractivity contribution in [2.24, 2.45) is 5.73 Å². The quantitative estimate of drug-likeness (QED) is 0.740. The molecular formula is C18H27N3O4. The van der Waals surface area contributed by atoms with Crippen LogP contribution in [0.4, 0.5) is 4.79 Å². The Hall–Kier alpha value is -1.99. The van der Waals surface area contributed by atoms with Gasteiger partial charge in [0, 0.05) is 12.5 Å². The van der Waals surface area contributed by atoms with Crippen molar-refractivity contribution in [2.45, 2.75) is 50.0 Å². The summed E-state index contributed by atoms with van der Waals surface area (Å²) < 4.78 is 11.2. The second kappa shape index (κ2) is 7.93. The molecule has 2 aliphatic rings. The molecular weight excluding hydrogens is 322 g/mol. The number of hydrogen-bond acceptors (Lipinski definition) is 5. The molecule has 1 aliphatic heterocycles. The molecule has 0 unspecified atom stereocenters. The van der Waals surface area contributed by atoms with Gasteiger partial charge in [-0.2, -0.15) is 0 Å². The van der Waals surface area contributed by atoms with Crippen LogP contribution in [0.1, 0.15) is 25.7 Å². The van der Waals surface area contributed by atoms with Crippen LogP contribution in [-0.4, -0.2) is 60.5 Å². The van der Waals surface area contributed by atoms with Gasteiger partial charge in [0.2, 0.25) is 0 Å². The predicted octanol–water partition coefficient (Wildman–Crippen LogP) is 1.10. The Bertz CT molecular complexity index is 591. The smallest absolute Gasteiger partial charge is 0.312 e. The Morgan fingerprint density at radius 2 is 2.00 bits per heavy atom. The van der Waals surface area contributed by atoms with Gasteiger partial charge in [0.1, 0.15) is 23.7 Å². The Labute approximate surface area is 148 Å². The number of ether oxygens (including phenoxy) is 2. The summed E-state index contributed by atoms with van der Waals surface area (Å²) in [4.78, 5) is 13.6. The number of carbonyl (C=O) groups is 1. The zero-order valence-electron chi connectivity index (χ0n) is 14.6. The maximum absolute atomic E-state index is 11.4. The lowest BCUT2D eigenvalue weighted by Crippen LogP contribution is -2.55. The van der Waals surface area contributed by atoms with E-state index in [-0.39, 0.29) is 12.1 Å². The molecule has 0 bridgehead atoms. The van der Waals surface area contributed by atoms with Crippen LogP contribution in [0.2, 0.25) is 0 Å². The molecule has 1 aliphatic carbocycles. The van der Waals surface area contributed by atoms with Gasteiger partial charge in [-0.05, 0) is 38.1 Å². The Kier molecular flexibility index (Phi) is 5.65. The summed E-state index contributed by atoms with van der Waals surface area (Å²) in [6, 6.07) is 6.34. The first-order valence-electron chi connectivity index (χ1n) is 8.87. The number of rotatable bonds is 5. The van der Waals surface area contributed by atoms with Crippen molar-refractivity contribution < 1.29 is 19.4 Å². The first-order chi connectivity index (χ1) is 12.1. The van der Waals surface area contributed by atoms with E-state index in [0.29, 0.717) is 17.9 Å². The topological polar surface area (TPSA) is 97.1 Å². The number of primary amides is 1. The standard InChI is InChI=1S/C18H27N3O4/c1-24-12-6-5-7-13(10-12)25-15-11-14(20-18(19)23)16(17(15)22)21-8-3-2-4-9-21/h5-7,10,14-17,22H,2-4,8-9,11H2,1H3,(H3,19,20,23)/t14-,15-,16+,17+/m1/s1. The van der Waals surface area contributed by atoms with Crippen molar-refractivity contribution in [3.63, 3.8) is 0 Å². The number of benzene rings is 1. The average Bonchev–Trinajstić information content (AvgIpc) is 2.90. The summed E-state index contributed by atoms with van der Waals surface area (Å²) in [5.41, 5.74) is 5.34. The number of amides is 2. The molecule has 1 saturated heterocycles. The van der Waals surface area contributed by atoms with Crippen LogP contribution in [0.15, 0.2) is 24.3 Å². The molecule has 2 fully saturated rings. The van der Waals surface area contributed by atoms with Gasteiger partial charge in [-0.15, -0.1) is 0 Å². The van der Waals surface area contributed by atoms with Gasteiger partial charge in [-0.1, -0.05) is 12.5 Å². The van der Waals surface area contributed by atoms with Crippen LogP contribution < -0.4 is 20.5 Å². The van der Waals surface area contributed by atoms with E-state index in [1.807, 2.05) is 18.2 Å². The first-order valence-corrected chi connectivity index (χ1v) is 8.87. The number of nitrogens with zero attached hydrogens (tertiary/aromatic N) is 1. The average molecular weight is 349 g/mol. The maximum atomic E-state index is 11.4. The fourth-order valence-corrected chi connectivity index (χ4v) is 3.97. The Morgan fingerprint density at radius 1 is 1.28 bits per heavy atom. The summed E-state index contributed by atoms with van der Waals surface area (Å²) in [5, 5.41) is 13.7. The van der Waals surface area contributed by atoms with E-state index in [1.54, 1.807) is 13.2 Å². The number of nitrogens with one attached hydrogen (secondary N) is 1. The molecule has 4 atom stereocenters. The summed E-state index contributed by atoms with van der Waals surface area (Å²) >= 11 is 0. The largest absolute Gasteiger partial charge is 0.497 e. The van der Waals surface area contributed by atoms with Crippen LogP contribution in [0.25, 0.3) is 0 Å². The van der Waals surface area contributed by atoms with E-state index in [2.05, 4.69) is 10.2 Å². The van der Waals surface area contributed by atoms with E-state index < -0.39 is 18.2 Å². The van der Waals surface area contributed by atoms with Gasteiger partial charge >= 0.3 is 6.03 Å². The normalized spacial score (nSPS) is 30.0. The molecule has 3 rings (SSSR count). The highest BCUT2D eigenvalue weighted by Gasteiger charge is 2.47. The summed E-state index contributed by atoms with van der Waals surface area (Å²) in [7, 11) is 1.60. The van der Waals surface area contributed by atoms with E-state index in [1.165, 1.54) is 6.42 Å². The molecule has 7 heteroatoms. The lowest BCUT2D eigenvalue weighted by Gasteiger charge is -2.37. The lowest BCUT2D eigenvalue weighted by atomic mass is 10.0. The highest BCUT2D eigenvalue weighted by atomic mass is 16.5. The maximum Gasteiger partial charge on any atom is 0.312 e. The van der Waals surface area contributed by atoms with Gasteiger partial charge in [0.15, 0.2) is 0 Å². The highest BCUT2D eigenvalue weighted by Crippen LogP contribution is 2.31. The zero-order chi connectivity index (χ0) is 17.8. The van der Waals surface area contributed by atoms with Gasteiger partial charge in [-0.3, -0.25) is 4.90 Å². The fourth-order valence-electron chi connectivity index (χ4n) is 3.97. The van der Waals surface area contributed by atoms with Crippen molar-refractivity contribution in [3.05, 3.63) is 24.3 Å². The third-order valence-corrected chi connectivity index (χ3v) is 5.10. The van der Waals surface area contributed by atoms with Crippen molar-refractivity contribution in [1.82, 2.24) is 10.2 Å². The van der Waals surface area contributed by atoms with Crippen molar-refractivity contribution in [1.29, 1.82) is 0 Å². The number of hydrogen-bond donors (Lipinski definition) is 3. The number of methoxy groups -OCH3 is 1. The third-order valence-electron chi connectivity index (χ3n) is 5.10. The number of aliphatic hydroxyl groups excluding tert-OH is 1. The van der Waals surface area contributed by atoms with E-state index in [0.717, 1.165) is 25.9 Å². The molecule has 2 amide bonds. The molecule has 138 valence electrons. The van der Waals surface area contributed by atoms with Gasteiger partial charge < -0.3 is 25.6 Å². The molecule has 1 aromatic rings. The summed E-state index contributed by atoms with van der Waals surface area (Å²) in [6.07, 6.45) is 2.83. The van der Waals surface area contributed by atoms with Crippen molar-refractivity contribution >= 4 is 6.03 Å². The molecule has 0 aromatic heterocycles. The SMILES string of the molecule is COc1cccc(O[C@@H]2C[C@@H](NC(N)=O)[C@H](N3CCCCC3)[C@H]2O)c1. The van der Waals surface area contributed by atoms with Crippen LogP contribution >= 0.6 is 0 Å². The van der Waals surface area contributed by atoms with E-state index in [9.17, 15) is 9.90 Å². The zero-order valence-corrected chi connectivity index (χ0v) is 14.6. The molecule has 25 heavy (non-hydrogen) atoms. The molecule has 4 N–H and O–H groups in total. The van der Waals surface area contributed by atoms with E-state index >= 15 is 0 Å². The van der Waals surface area contributed by atoms with Crippen LogP contribution in [0.3, 0.4) is 0 Å². The number of likely N-dealkylation sites (tertiary alicyclic amines) is 1. The molecule has 1 saturated carbocycles. The van der Waals surface area contributed by atoms with Gasteiger partial charge in [-0.25, -0.2) is 4.79 Å².